The van der Waals surface area contributed by atoms with Gasteiger partial charge in [-0.25, -0.2) is 8.42 Å². The Morgan fingerprint density at radius 3 is 2.58 bits per heavy atom. The maximum Gasteiger partial charge on any atom is 0.322 e. The van der Waals surface area contributed by atoms with Gasteiger partial charge >= 0.3 is 5.97 Å². The number of fused-ring (bicyclic) bond motifs is 1. The molecule has 0 saturated carbocycles. The van der Waals surface area contributed by atoms with Crippen LogP contribution in [0.15, 0.2) is 59.6 Å². The van der Waals surface area contributed by atoms with E-state index in [9.17, 15) is 22.7 Å². The molecule has 1 aromatic heterocycles. The Balaban J connectivity index is 1.72. The summed E-state index contributed by atoms with van der Waals surface area (Å²) in [6.45, 7) is -0.362. The fourth-order valence-electron chi connectivity index (χ4n) is 3.14. The smallest absolute Gasteiger partial charge is 0.322 e. The number of nitrogens with one attached hydrogen (secondary N) is 2. The quantitative estimate of drug-likeness (QED) is 0.349. The molecule has 0 aliphatic rings. The minimum absolute atomic E-state index is 0.00101. The van der Waals surface area contributed by atoms with Crippen LogP contribution in [0.1, 0.15) is 30.4 Å². The Hall–Kier alpha value is -3.15. The van der Waals surface area contributed by atoms with Gasteiger partial charge in [-0.2, -0.15) is 4.72 Å². The monoisotopic (exact) mass is 441 g/mol. The van der Waals surface area contributed by atoms with Gasteiger partial charge in [0.25, 0.3) is 0 Å². The van der Waals surface area contributed by atoms with E-state index in [1.54, 1.807) is 18.3 Å². The van der Waals surface area contributed by atoms with Crippen molar-refractivity contribution in [2.24, 2.45) is 0 Å². The fraction of sp³-hybridized carbons (Fsp3) is 0.261. The predicted octanol–water partition coefficient (Wildman–Crippen LogP) is 3.63. The van der Waals surface area contributed by atoms with Crippen molar-refractivity contribution >= 4 is 26.9 Å². The van der Waals surface area contributed by atoms with Gasteiger partial charge in [0, 0.05) is 35.5 Å². The van der Waals surface area contributed by atoms with Crippen molar-refractivity contribution < 1.29 is 22.7 Å². The number of carboxylic acid groups (broad SMARTS) is 1. The summed E-state index contributed by atoms with van der Waals surface area (Å²) in [4.78, 5) is 14.8. The number of H-pyrrole nitrogens is 1. The zero-order valence-corrected chi connectivity index (χ0v) is 17.6. The third-order valence-corrected chi connectivity index (χ3v) is 6.26. The lowest BCUT2D eigenvalue weighted by Gasteiger charge is -2.14. The molecule has 0 spiro atoms. The first-order valence-corrected chi connectivity index (χ1v) is 11.3. The minimum Gasteiger partial charge on any atom is -0.480 e. The molecule has 2 aromatic carbocycles. The third-order valence-electron chi connectivity index (χ3n) is 4.78. The molecule has 6 nitrogen and oxygen atoms in total. The zero-order valence-electron chi connectivity index (χ0n) is 16.8. The van der Waals surface area contributed by atoms with E-state index in [1.807, 2.05) is 24.3 Å². The summed E-state index contributed by atoms with van der Waals surface area (Å²) >= 11 is 0. The number of aliphatic carboxylic acids is 1. The van der Waals surface area contributed by atoms with Crippen molar-refractivity contribution in [2.45, 2.75) is 36.6 Å². The van der Waals surface area contributed by atoms with Gasteiger partial charge < -0.3 is 10.1 Å². The second-order valence-corrected chi connectivity index (χ2v) is 8.76. The van der Waals surface area contributed by atoms with Gasteiger partial charge in [-0.1, -0.05) is 30.0 Å². The molecule has 1 heterocycles. The maximum absolute atomic E-state index is 12.7. The van der Waals surface area contributed by atoms with Crippen molar-refractivity contribution in [1.82, 2.24) is 9.71 Å². The van der Waals surface area contributed by atoms with Crippen LogP contribution < -0.4 is 4.72 Å². The van der Waals surface area contributed by atoms with Crippen molar-refractivity contribution in [2.75, 3.05) is 6.67 Å². The number of rotatable bonds is 9. The summed E-state index contributed by atoms with van der Waals surface area (Å²) in [5.74, 6) is 4.56. The molecule has 162 valence electrons. The molecule has 1 atom stereocenters. The highest BCUT2D eigenvalue weighted by Crippen LogP contribution is 2.20. The lowest BCUT2D eigenvalue weighted by molar-refractivity contribution is -0.138. The topological polar surface area (TPSA) is 99.3 Å². The van der Waals surface area contributed by atoms with Crippen molar-refractivity contribution in [3.63, 3.8) is 0 Å². The van der Waals surface area contributed by atoms with E-state index < -0.39 is 22.0 Å². The van der Waals surface area contributed by atoms with Gasteiger partial charge in [0.05, 0.1) is 11.6 Å². The van der Waals surface area contributed by atoms with Crippen LogP contribution in [0, 0.1) is 11.8 Å². The first-order chi connectivity index (χ1) is 14.9. The molecule has 0 aliphatic carbocycles. The van der Waals surface area contributed by atoms with Gasteiger partial charge in [-0.05, 0) is 48.7 Å². The fourth-order valence-corrected chi connectivity index (χ4v) is 4.33. The lowest BCUT2D eigenvalue weighted by atomic mass is 10.1. The van der Waals surface area contributed by atoms with Gasteiger partial charge in [0.1, 0.15) is 6.04 Å². The van der Waals surface area contributed by atoms with Crippen molar-refractivity contribution in [3.05, 3.63) is 65.9 Å². The molecule has 3 N–H and O–H groups in total. The number of carboxylic acids is 1. The summed E-state index contributed by atoms with van der Waals surface area (Å²) in [6, 6.07) is 12.0. The van der Waals surface area contributed by atoms with Crippen LogP contribution in [0.2, 0.25) is 0 Å². The molecule has 0 unspecified atom stereocenters. The molecule has 0 saturated heterocycles. The average molecular weight is 442 g/mol. The molecular formula is C23H23FN2O4S. The molecule has 3 rings (SSSR count). The average Bonchev–Trinajstić information content (AvgIpc) is 3.16. The molecular weight excluding hydrogens is 418 g/mol. The molecule has 31 heavy (non-hydrogen) atoms. The van der Waals surface area contributed by atoms with Gasteiger partial charge in [-0.15, -0.1) is 0 Å². The number of benzene rings is 2. The second kappa shape index (κ2) is 10.2. The normalized spacial score (nSPS) is 12.3. The van der Waals surface area contributed by atoms with E-state index in [4.69, 9.17) is 0 Å². The van der Waals surface area contributed by atoms with Gasteiger partial charge in [-0.3, -0.25) is 9.18 Å². The number of hydrogen-bond acceptors (Lipinski definition) is 3. The number of carbonyl (C=O) groups is 1. The molecule has 3 aromatic rings. The highest BCUT2D eigenvalue weighted by atomic mass is 32.2. The number of unbranched alkanes of at least 4 members (excludes halogenated alkanes) is 2. The Labute approximate surface area is 180 Å². The standard InChI is InChI=1S/C23H23FN2O4S/c24-14-6-2-1-3-7-17-10-12-19(13-11-17)31(29,30)26-22(23(27)28)15-18-16-25-21-9-5-4-8-20(18)21/h4-5,8-13,16,22,25-26H,1-2,6,14-15H2,(H,27,28)/t22-/m1/s1/i24-1. The molecule has 0 aliphatic heterocycles. The lowest BCUT2D eigenvalue weighted by Crippen LogP contribution is -2.42. The highest BCUT2D eigenvalue weighted by molar-refractivity contribution is 7.89. The number of aromatic nitrogens is 1. The number of para-hydroxylation sites is 1. The largest absolute Gasteiger partial charge is 0.480 e. The number of alkyl halides is 1. The van der Waals surface area contributed by atoms with Crippen LogP contribution in [0.5, 0.6) is 0 Å². The second-order valence-electron chi connectivity index (χ2n) is 7.05. The van der Waals surface area contributed by atoms with Crippen LogP contribution in [0.4, 0.5) is 4.39 Å². The third kappa shape index (κ3) is 5.94. The SMILES string of the molecule is O=C(O)[C@@H](Cc1c[nH]c2ccccc12)NS(=O)(=O)c1ccc(C#CCCCC[18F])cc1. The Morgan fingerprint density at radius 2 is 1.87 bits per heavy atom. The summed E-state index contributed by atoms with van der Waals surface area (Å²) in [6.07, 6.45) is 3.41. The van der Waals surface area contributed by atoms with Gasteiger partial charge in [0.2, 0.25) is 10.0 Å². The van der Waals surface area contributed by atoms with E-state index in [-0.39, 0.29) is 18.0 Å². The highest BCUT2D eigenvalue weighted by Gasteiger charge is 2.26. The van der Waals surface area contributed by atoms with E-state index in [0.717, 1.165) is 10.9 Å². The number of hydrogen-bond donors (Lipinski definition) is 3. The molecule has 8 heteroatoms. The first-order valence-electron chi connectivity index (χ1n) is 9.86. The van der Waals surface area contributed by atoms with E-state index in [2.05, 4.69) is 21.5 Å². The molecule has 0 amide bonds. The minimum atomic E-state index is -4.04. The molecule has 0 bridgehead atoms. The Kier molecular flexibility index (Phi) is 7.45. The summed E-state index contributed by atoms with van der Waals surface area (Å²) in [5.41, 5.74) is 2.20. The number of halogens is 1. The molecule has 0 radical (unpaired) electrons. The van der Waals surface area contributed by atoms with Crippen LogP contribution in [-0.4, -0.2) is 37.2 Å². The van der Waals surface area contributed by atoms with E-state index in [1.165, 1.54) is 12.1 Å². The van der Waals surface area contributed by atoms with E-state index >= 15 is 0 Å². The number of sulfonamides is 1. The summed E-state index contributed by atoms with van der Waals surface area (Å²) in [7, 11) is -4.04. The zero-order chi connectivity index (χ0) is 22.3. The van der Waals surface area contributed by atoms with Crippen LogP contribution >= 0.6 is 0 Å². The van der Waals surface area contributed by atoms with Crippen LogP contribution in [0.25, 0.3) is 10.9 Å². The van der Waals surface area contributed by atoms with Crippen LogP contribution in [-0.2, 0) is 21.2 Å². The van der Waals surface area contributed by atoms with Crippen molar-refractivity contribution in [1.29, 1.82) is 0 Å². The number of aromatic amines is 1. The first kappa shape index (κ1) is 22.5. The van der Waals surface area contributed by atoms with Crippen LogP contribution in [0.3, 0.4) is 0 Å². The van der Waals surface area contributed by atoms with Crippen molar-refractivity contribution in [3.8, 4) is 11.8 Å². The Bertz CT molecular complexity index is 1210. The van der Waals surface area contributed by atoms with E-state index in [0.29, 0.717) is 30.4 Å². The Morgan fingerprint density at radius 1 is 1.13 bits per heavy atom. The maximum atomic E-state index is 12.7. The summed E-state index contributed by atoms with van der Waals surface area (Å²) < 4.78 is 39.8. The summed E-state index contributed by atoms with van der Waals surface area (Å²) in [5, 5.41) is 10.4. The predicted molar refractivity (Wildman–Crippen MR) is 117 cm³/mol. The molecule has 0 fully saturated rings. The van der Waals surface area contributed by atoms with Gasteiger partial charge in [0.15, 0.2) is 0 Å².